The Morgan fingerprint density at radius 3 is 2.56 bits per heavy atom. The molecule has 2 heteroatoms. The highest BCUT2D eigenvalue weighted by Gasteiger charge is 2.39. The molecule has 0 spiro atoms. The van der Waals surface area contributed by atoms with E-state index in [0.717, 1.165) is 28.6 Å². The van der Waals surface area contributed by atoms with Crippen LogP contribution < -0.4 is 5.73 Å². The van der Waals surface area contributed by atoms with E-state index in [0.29, 0.717) is 6.04 Å². The average molecular weight is 308 g/mol. The zero-order valence-corrected chi connectivity index (χ0v) is 12.4. The summed E-state index contributed by atoms with van der Waals surface area (Å²) in [6.07, 6.45) is 8.18. The van der Waals surface area contributed by atoms with E-state index in [1.807, 2.05) is 0 Å². The predicted octanol–water partition coefficient (Wildman–Crippen LogP) is 4.15. The largest absolute Gasteiger partial charge is 0.327 e. The first-order valence-electron chi connectivity index (χ1n) is 7.20. The molecule has 2 N–H and O–H groups in total. The van der Waals surface area contributed by atoms with Crippen molar-refractivity contribution < 1.29 is 0 Å². The first-order chi connectivity index (χ1) is 8.70. The molecule has 1 nitrogen and oxygen atoms in total. The van der Waals surface area contributed by atoms with E-state index in [-0.39, 0.29) is 0 Å². The molecule has 2 aliphatic rings. The second-order valence-corrected chi connectivity index (χ2v) is 7.18. The van der Waals surface area contributed by atoms with E-state index < -0.39 is 0 Å². The van der Waals surface area contributed by atoms with E-state index in [9.17, 15) is 0 Å². The number of benzene rings is 1. The second kappa shape index (κ2) is 5.34. The van der Waals surface area contributed by atoms with Crippen molar-refractivity contribution >= 4 is 15.9 Å². The van der Waals surface area contributed by atoms with Gasteiger partial charge in [-0.1, -0.05) is 34.5 Å². The van der Waals surface area contributed by atoms with Crippen molar-refractivity contribution in [2.45, 2.75) is 44.6 Å². The van der Waals surface area contributed by atoms with Gasteiger partial charge in [0.1, 0.15) is 0 Å². The zero-order chi connectivity index (χ0) is 12.5. The summed E-state index contributed by atoms with van der Waals surface area (Å²) in [4.78, 5) is 0. The summed E-state index contributed by atoms with van der Waals surface area (Å²) in [7, 11) is 0. The molecule has 1 aromatic rings. The maximum atomic E-state index is 6.34. The molecule has 18 heavy (non-hydrogen) atoms. The minimum Gasteiger partial charge on any atom is -0.327 e. The van der Waals surface area contributed by atoms with E-state index in [1.54, 1.807) is 0 Å². The Morgan fingerprint density at radius 2 is 1.94 bits per heavy atom. The summed E-state index contributed by atoms with van der Waals surface area (Å²) in [6.45, 7) is 0. The van der Waals surface area contributed by atoms with Gasteiger partial charge in [0.15, 0.2) is 0 Å². The molecule has 2 aliphatic carbocycles. The van der Waals surface area contributed by atoms with E-state index >= 15 is 0 Å². The van der Waals surface area contributed by atoms with Gasteiger partial charge in [0.25, 0.3) is 0 Å². The Hall–Kier alpha value is -0.340. The van der Waals surface area contributed by atoms with E-state index in [1.165, 1.54) is 37.7 Å². The molecule has 0 aromatic heterocycles. The van der Waals surface area contributed by atoms with Crippen molar-refractivity contribution in [3.63, 3.8) is 0 Å². The van der Waals surface area contributed by atoms with Crippen LogP contribution in [-0.4, -0.2) is 6.04 Å². The van der Waals surface area contributed by atoms with Crippen molar-refractivity contribution in [2.75, 3.05) is 0 Å². The van der Waals surface area contributed by atoms with Crippen LogP contribution in [0.2, 0.25) is 0 Å². The van der Waals surface area contributed by atoms with Crippen LogP contribution in [0.15, 0.2) is 28.7 Å². The van der Waals surface area contributed by atoms with Crippen LogP contribution in [0, 0.1) is 17.8 Å². The fourth-order valence-electron chi connectivity index (χ4n) is 4.06. The Bertz CT molecular complexity index is 400. The van der Waals surface area contributed by atoms with Gasteiger partial charge >= 0.3 is 0 Å². The molecule has 3 rings (SSSR count). The van der Waals surface area contributed by atoms with E-state index in [2.05, 4.69) is 40.2 Å². The molecular formula is C16H22BrN. The molecule has 0 radical (unpaired) electrons. The molecule has 0 amide bonds. The van der Waals surface area contributed by atoms with Crippen LogP contribution in [0.5, 0.6) is 0 Å². The van der Waals surface area contributed by atoms with Crippen LogP contribution in [0.4, 0.5) is 0 Å². The van der Waals surface area contributed by atoms with Gasteiger partial charge in [-0.25, -0.2) is 0 Å². The van der Waals surface area contributed by atoms with Crippen LogP contribution in [0.25, 0.3) is 0 Å². The molecule has 0 heterocycles. The Kier molecular flexibility index (Phi) is 3.76. The molecule has 1 aromatic carbocycles. The average Bonchev–Trinajstić information content (AvgIpc) is 2.94. The monoisotopic (exact) mass is 307 g/mol. The topological polar surface area (TPSA) is 26.0 Å². The standard InChI is InChI=1S/C16H22BrN/c17-15-5-2-11(3-6-15)9-16(18)10-14-8-12-1-4-13(14)7-12/h2-3,5-6,12-14,16H,1,4,7-10,18H2. The lowest BCUT2D eigenvalue weighted by molar-refractivity contribution is 0.294. The molecule has 0 saturated heterocycles. The van der Waals surface area contributed by atoms with Gasteiger partial charge in [0.05, 0.1) is 0 Å². The number of halogens is 1. The van der Waals surface area contributed by atoms with Gasteiger partial charge < -0.3 is 5.73 Å². The van der Waals surface area contributed by atoms with Gasteiger partial charge in [0.2, 0.25) is 0 Å². The molecule has 4 atom stereocenters. The van der Waals surface area contributed by atoms with Crippen molar-refractivity contribution in [3.05, 3.63) is 34.3 Å². The predicted molar refractivity (Wildman–Crippen MR) is 79.4 cm³/mol. The normalized spacial score (nSPS) is 31.8. The first kappa shape index (κ1) is 12.7. The van der Waals surface area contributed by atoms with E-state index in [4.69, 9.17) is 5.73 Å². The highest BCUT2D eigenvalue weighted by molar-refractivity contribution is 9.10. The van der Waals surface area contributed by atoms with Crippen LogP contribution in [0.3, 0.4) is 0 Å². The molecule has 98 valence electrons. The molecule has 0 aliphatic heterocycles. The van der Waals surface area contributed by atoms with Crippen LogP contribution in [0.1, 0.15) is 37.7 Å². The SMILES string of the molecule is NC(Cc1ccc(Br)cc1)CC1CC2CCC1C2. The number of nitrogens with two attached hydrogens (primary N) is 1. The van der Waals surface area contributed by atoms with Crippen molar-refractivity contribution in [1.82, 2.24) is 0 Å². The Balaban J connectivity index is 1.52. The summed E-state index contributed by atoms with van der Waals surface area (Å²) in [5, 5.41) is 0. The lowest BCUT2D eigenvalue weighted by Crippen LogP contribution is -2.28. The number of fused-ring (bicyclic) bond motifs is 2. The van der Waals surface area contributed by atoms with Gasteiger partial charge in [-0.2, -0.15) is 0 Å². The molecule has 2 fully saturated rings. The summed E-state index contributed by atoms with van der Waals surface area (Å²) >= 11 is 3.47. The van der Waals surface area contributed by atoms with Gasteiger partial charge in [-0.05, 0) is 67.6 Å². The number of hydrogen-bond acceptors (Lipinski definition) is 1. The third kappa shape index (κ3) is 2.80. The lowest BCUT2D eigenvalue weighted by atomic mass is 9.83. The van der Waals surface area contributed by atoms with Crippen LogP contribution in [-0.2, 0) is 6.42 Å². The Morgan fingerprint density at radius 1 is 1.17 bits per heavy atom. The molecule has 2 bridgehead atoms. The Labute approximate surface area is 118 Å². The fourth-order valence-corrected chi connectivity index (χ4v) is 4.32. The third-order valence-corrected chi connectivity index (χ3v) is 5.43. The summed E-state index contributed by atoms with van der Waals surface area (Å²) in [6, 6.07) is 8.93. The van der Waals surface area contributed by atoms with Gasteiger partial charge in [-0.3, -0.25) is 0 Å². The maximum absolute atomic E-state index is 6.34. The maximum Gasteiger partial charge on any atom is 0.0175 e. The minimum absolute atomic E-state index is 0.343. The van der Waals surface area contributed by atoms with Crippen molar-refractivity contribution in [3.8, 4) is 0 Å². The quantitative estimate of drug-likeness (QED) is 0.888. The zero-order valence-electron chi connectivity index (χ0n) is 10.8. The highest BCUT2D eigenvalue weighted by Crippen LogP contribution is 2.49. The summed E-state index contributed by atoms with van der Waals surface area (Å²) < 4.78 is 1.15. The number of hydrogen-bond donors (Lipinski definition) is 1. The summed E-state index contributed by atoms with van der Waals surface area (Å²) in [5.74, 6) is 2.97. The van der Waals surface area contributed by atoms with Crippen molar-refractivity contribution in [2.24, 2.45) is 23.5 Å². The lowest BCUT2D eigenvalue weighted by Gasteiger charge is -2.24. The van der Waals surface area contributed by atoms with Gasteiger partial charge in [-0.15, -0.1) is 0 Å². The number of rotatable bonds is 4. The molecule has 4 unspecified atom stereocenters. The smallest absolute Gasteiger partial charge is 0.0175 e. The highest BCUT2D eigenvalue weighted by atomic mass is 79.9. The van der Waals surface area contributed by atoms with Gasteiger partial charge in [0, 0.05) is 10.5 Å². The third-order valence-electron chi connectivity index (χ3n) is 4.90. The minimum atomic E-state index is 0.343. The molecule has 2 saturated carbocycles. The fraction of sp³-hybridized carbons (Fsp3) is 0.625. The van der Waals surface area contributed by atoms with Crippen LogP contribution >= 0.6 is 15.9 Å². The van der Waals surface area contributed by atoms with Crippen molar-refractivity contribution in [1.29, 1.82) is 0 Å². The summed E-state index contributed by atoms with van der Waals surface area (Å²) in [5.41, 5.74) is 7.71. The first-order valence-corrected chi connectivity index (χ1v) is 8.00. The second-order valence-electron chi connectivity index (χ2n) is 6.26. The molecular weight excluding hydrogens is 286 g/mol.